The van der Waals surface area contributed by atoms with E-state index in [1.807, 2.05) is 0 Å². The Morgan fingerprint density at radius 3 is 3.19 bits per heavy atom. The molecule has 2 N–H and O–H groups in total. The molecule has 0 aliphatic carbocycles. The van der Waals surface area contributed by atoms with E-state index in [2.05, 4.69) is 4.98 Å². The van der Waals surface area contributed by atoms with Gasteiger partial charge in [0.2, 0.25) is 0 Å². The molecule has 0 spiro atoms. The largest absolute Gasteiger partial charge is 0.421 e. The van der Waals surface area contributed by atoms with Crippen LogP contribution in [0.4, 0.5) is 0 Å². The lowest BCUT2D eigenvalue weighted by Crippen LogP contribution is -2.19. The highest BCUT2D eigenvalue weighted by Crippen LogP contribution is 2.07. The van der Waals surface area contributed by atoms with Crippen molar-refractivity contribution in [3.05, 3.63) is 28.9 Å². The molecule has 16 heavy (non-hydrogen) atoms. The molecule has 0 atom stereocenters. The number of fused-ring (bicyclic) bond motifs is 1. The summed E-state index contributed by atoms with van der Waals surface area (Å²) in [4.78, 5) is 15.6. The van der Waals surface area contributed by atoms with Gasteiger partial charge >= 0.3 is 5.76 Å². The molecule has 2 aromatic heterocycles. The van der Waals surface area contributed by atoms with E-state index in [-0.39, 0.29) is 0 Å². The standard InChI is InChI=1S/C10H13N3O3/c11-3-6-15-7-5-13-9-8(16-10(13)14)2-1-4-12-9/h1-2,4H,3,5-7,11H2. The van der Waals surface area contributed by atoms with E-state index >= 15 is 0 Å². The molecule has 0 unspecified atom stereocenters. The molecule has 6 heteroatoms. The number of pyridine rings is 1. The van der Waals surface area contributed by atoms with E-state index in [4.69, 9.17) is 14.9 Å². The molecule has 0 bridgehead atoms. The molecule has 0 radical (unpaired) electrons. The van der Waals surface area contributed by atoms with Crippen LogP contribution in [0, 0.1) is 0 Å². The first kappa shape index (κ1) is 10.8. The highest BCUT2D eigenvalue weighted by Gasteiger charge is 2.08. The van der Waals surface area contributed by atoms with Gasteiger partial charge in [0.1, 0.15) is 0 Å². The smallest absolute Gasteiger partial charge is 0.406 e. The summed E-state index contributed by atoms with van der Waals surface area (Å²) in [5, 5.41) is 0. The number of nitrogens with two attached hydrogens (primary N) is 1. The normalized spacial score (nSPS) is 11.1. The lowest BCUT2D eigenvalue weighted by atomic mass is 10.4. The van der Waals surface area contributed by atoms with Crippen molar-refractivity contribution < 1.29 is 9.15 Å². The van der Waals surface area contributed by atoms with Gasteiger partial charge in [-0.15, -0.1) is 0 Å². The fourth-order valence-electron chi connectivity index (χ4n) is 1.44. The fraction of sp³-hybridized carbons (Fsp3) is 0.400. The zero-order chi connectivity index (χ0) is 11.4. The van der Waals surface area contributed by atoms with Gasteiger partial charge in [0.25, 0.3) is 0 Å². The van der Waals surface area contributed by atoms with Crippen molar-refractivity contribution in [3.8, 4) is 0 Å². The molecular weight excluding hydrogens is 210 g/mol. The molecule has 0 amide bonds. The SMILES string of the molecule is NCCOCCn1c(=O)oc2cccnc21. The van der Waals surface area contributed by atoms with E-state index in [1.54, 1.807) is 18.3 Å². The first-order valence-electron chi connectivity index (χ1n) is 5.05. The van der Waals surface area contributed by atoms with E-state index in [0.29, 0.717) is 37.5 Å². The number of hydrogen-bond donors (Lipinski definition) is 1. The van der Waals surface area contributed by atoms with Gasteiger partial charge in [-0.05, 0) is 12.1 Å². The quantitative estimate of drug-likeness (QED) is 0.719. The maximum atomic E-state index is 11.5. The lowest BCUT2D eigenvalue weighted by Gasteiger charge is -2.02. The summed E-state index contributed by atoms with van der Waals surface area (Å²) in [7, 11) is 0. The minimum Gasteiger partial charge on any atom is -0.406 e. The summed E-state index contributed by atoms with van der Waals surface area (Å²) in [6.45, 7) is 1.79. The monoisotopic (exact) mass is 223 g/mol. The minimum atomic E-state index is -0.412. The summed E-state index contributed by atoms with van der Waals surface area (Å²) >= 11 is 0. The number of nitrogens with zero attached hydrogens (tertiary/aromatic N) is 2. The molecule has 0 fully saturated rings. The second-order valence-electron chi connectivity index (χ2n) is 3.25. The molecular formula is C10H13N3O3. The van der Waals surface area contributed by atoms with Crippen molar-refractivity contribution in [1.29, 1.82) is 0 Å². The summed E-state index contributed by atoms with van der Waals surface area (Å²) in [6.07, 6.45) is 1.62. The Hall–Kier alpha value is -1.66. The van der Waals surface area contributed by atoms with Crippen LogP contribution in [0.1, 0.15) is 0 Å². The van der Waals surface area contributed by atoms with E-state index in [0.717, 1.165) is 0 Å². The van der Waals surface area contributed by atoms with Gasteiger partial charge in [0.05, 0.1) is 19.8 Å². The second kappa shape index (κ2) is 4.91. The third-order valence-corrected chi connectivity index (χ3v) is 2.15. The van der Waals surface area contributed by atoms with Gasteiger partial charge in [-0.2, -0.15) is 0 Å². The summed E-state index contributed by atoms with van der Waals surface area (Å²) in [6, 6.07) is 3.43. The maximum absolute atomic E-state index is 11.5. The minimum absolute atomic E-state index is 0.412. The Balaban J connectivity index is 2.16. The number of hydrogen-bond acceptors (Lipinski definition) is 5. The van der Waals surface area contributed by atoms with Crippen LogP contribution < -0.4 is 11.5 Å². The number of oxazole rings is 1. The first-order chi connectivity index (χ1) is 7.83. The molecule has 0 saturated carbocycles. The summed E-state index contributed by atoms with van der Waals surface area (Å²) < 4.78 is 11.7. The average molecular weight is 223 g/mol. The van der Waals surface area contributed by atoms with Crippen LogP contribution in [0.2, 0.25) is 0 Å². The third kappa shape index (κ3) is 2.12. The molecule has 2 aromatic rings. The van der Waals surface area contributed by atoms with Gasteiger partial charge < -0.3 is 14.9 Å². The highest BCUT2D eigenvalue weighted by molar-refractivity contribution is 5.67. The fourth-order valence-corrected chi connectivity index (χ4v) is 1.44. The first-order valence-corrected chi connectivity index (χ1v) is 5.05. The predicted octanol–water partition coefficient (Wildman–Crippen LogP) is -0.0352. The molecule has 6 nitrogen and oxygen atoms in total. The number of rotatable bonds is 5. The molecule has 2 rings (SSSR count). The van der Waals surface area contributed by atoms with Gasteiger partial charge in [-0.3, -0.25) is 4.57 Å². The van der Waals surface area contributed by atoms with E-state index in [1.165, 1.54) is 4.57 Å². The van der Waals surface area contributed by atoms with Crippen molar-refractivity contribution in [2.45, 2.75) is 6.54 Å². The highest BCUT2D eigenvalue weighted by atomic mass is 16.5. The van der Waals surface area contributed by atoms with Gasteiger partial charge in [-0.1, -0.05) is 0 Å². The topological polar surface area (TPSA) is 83.3 Å². The average Bonchev–Trinajstić information content (AvgIpc) is 2.61. The van der Waals surface area contributed by atoms with Gasteiger partial charge in [0, 0.05) is 12.7 Å². The van der Waals surface area contributed by atoms with Gasteiger partial charge in [-0.25, -0.2) is 9.78 Å². The maximum Gasteiger partial charge on any atom is 0.421 e. The lowest BCUT2D eigenvalue weighted by molar-refractivity contribution is 0.132. The Bertz CT molecular complexity index is 517. The summed E-state index contributed by atoms with van der Waals surface area (Å²) in [5.74, 6) is -0.412. The van der Waals surface area contributed by atoms with E-state index < -0.39 is 5.76 Å². The Morgan fingerprint density at radius 2 is 2.38 bits per heavy atom. The molecule has 0 aliphatic heterocycles. The zero-order valence-electron chi connectivity index (χ0n) is 8.76. The van der Waals surface area contributed by atoms with Crippen LogP contribution in [-0.4, -0.2) is 29.3 Å². The van der Waals surface area contributed by atoms with Crippen LogP contribution >= 0.6 is 0 Å². The number of aromatic nitrogens is 2. The van der Waals surface area contributed by atoms with Crippen molar-refractivity contribution in [2.24, 2.45) is 5.73 Å². The van der Waals surface area contributed by atoms with Crippen LogP contribution in [-0.2, 0) is 11.3 Å². The molecule has 0 saturated heterocycles. The van der Waals surface area contributed by atoms with Crippen LogP contribution in [0.25, 0.3) is 11.2 Å². The molecule has 0 aromatic carbocycles. The molecule has 2 heterocycles. The number of ether oxygens (including phenoxy) is 1. The van der Waals surface area contributed by atoms with Crippen molar-refractivity contribution in [2.75, 3.05) is 19.8 Å². The molecule has 0 aliphatic rings. The van der Waals surface area contributed by atoms with Crippen LogP contribution in [0.15, 0.2) is 27.5 Å². The zero-order valence-corrected chi connectivity index (χ0v) is 8.76. The molecule has 86 valence electrons. The third-order valence-electron chi connectivity index (χ3n) is 2.15. The van der Waals surface area contributed by atoms with Crippen molar-refractivity contribution in [1.82, 2.24) is 9.55 Å². The van der Waals surface area contributed by atoms with Gasteiger partial charge in [0.15, 0.2) is 11.2 Å². The van der Waals surface area contributed by atoms with Crippen molar-refractivity contribution in [3.63, 3.8) is 0 Å². The van der Waals surface area contributed by atoms with Crippen LogP contribution in [0.5, 0.6) is 0 Å². The summed E-state index contributed by atoms with van der Waals surface area (Å²) in [5.41, 5.74) is 6.32. The second-order valence-corrected chi connectivity index (χ2v) is 3.25. The van der Waals surface area contributed by atoms with Crippen molar-refractivity contribution >= 4 is 11.2 Å². The van der Waals surface area contributed by atoms with E-state index in [9.17, 15) is 4.79 Å². The van der Waals surface area contributed by atoms with Crippen LogP contribution in [0.3, 0.4) is 0 Å². The Morgan fingerprint density at radius 1 is 1.50 bits per heavy atom. The predicted molar refractivity (Wildman–Crippen MR) is 58.1 cm³/mol. The Labute approximate surface area is 91.6 Å². The Kier molecular flexibility index (Phi) is 3.33.